The van der Waals surface area contributed by atoms with Crippen molar-refractivity contribution in [1.29, 1.82) is 0 Å². The molecule has 1 aliphatic carbocycles. The predicted molar refractivity (Wildman–Crippen MR) is 75.7 cm³/mol. The van der Waals surface area contributed by atoms with Crippen molar-refractivity contribution >= 4 is 24.5 Å². The van der Waals surface area contributed by atoms with E-state index in [0.29, 0.717) is 25.9 Å². The van der Waals surface area contributed by atoms with Crippen LogP contribution in [0.2, 0.25) is 0 Å². The van der Waals surface area contributed by atoms with Gasteiger partial charge in [0, 0.05) is 13.1 Å². The van der Waals surface area contributed by atoms with Crippen LogP contribution in [0.4, 0.5) is 4.79 Å². The molecule has 2 heterocycles. The molecule has 3 rings (SSSR count). The third-order valence-electron chi connectivity index (χ3n) is 3.98. The summed E-state index contributed by atoms with van der Waals surface area (Å²) in [7, 11) is 1.37. The Labute approximate surface area is 125 Å². The van der Waals surface area contributed by atoms with Gasteiger partial charge in [0.05, 0.1) is 18.1 Å². The van der Waals surface area contributed by atoms with Crippen molar-refractivity contribution in [3.05, 3.63) is 0 Å². The van der Waals surface area contributed by atoms with Crippen molar-refractivity contribution in [3.8, 4) is 0 Å². The molecule has 2 aliphatic heterocycles. The molecule has 0 atom stereocenters. The number of fused-ring (bicyclic) bond motifs is 1. The third kappa shape index (κ3) is 2.46. The van der Waals surface area contributed by atoms with E-state index in [4.69, 9.17) is 15.2 Å². The lowest BCUT2D eigenvalue weighted by Gasteiger charge is -2.45. The first kappa shape index (κ1) is 17.0. The zero-order valence-corrected chi connectivity index (χ0v) is 13.2. The molecule has 0 aromatic rings. The van der Waals surface area contributed by atoms with Crippen molar-refractivity contribution in [3.63, 3.8) is 0 Å². The molecule has 0 aromatic heterocycles. The second-order valence-electron chi connectivity index (χ2n) is 6.62. The topological polar surface area (TPSA) is 81.9 Å². The Hall–Kier alpha value is -1.01. The summed E-state index contributed by atoms with van der Waals surface area (Å²) >= 11 is 0. The first-order valence-electron chi connectivity index (χ1n) is 6.47. The number of carbonyl (C=O) groups is 2. The molecule has 2 N–H and O–H groups in total. The quantitative estimate of drug-likeness (QED) is 0.778. The molecule has 7 heteroatoms. The van der Waals surface area contributed by atoms with E-state index in [9.17, 15) is 9.59 Å². The Kier molecular flexibility index (Phi) is 4.32. The van der Waals surface area contributed by atoms with Gasteiger partial charge in [-0.2, -0.15) is 0 Å². The zero-order valence-electron chi connectivity index (χ0n) is 12.4. The summed E-state index contributed by atoms with van der Waals surface area (Å²) in [4.78, 5) is 25.7. The van der Waals surface area contributed by atoms with Gasteiger partial charge in [-0.15, -0.1) is 12.4 Å². The molecule has 6 nitrogen and oxygen atoms in total. The summed E-state index contributed by atoms with van der Waals surface area (Å²) in [5.41, 5.74) is 4.23. The van der Waals surface area contributed by atoms with Gasteiger partial charge in [-0.3, -0.25) is 4.79 Å². The maximum absolute atomic E-state index is 12.2. The Bertz CT molecular complexity index is 413. The standard InChI is InChI=1S/C13H22N2O4.ClH/c1-11(2,3)19-10(17)15-8-12(9(16)18-4)5-13(15,6-12)7-14;/h5-8,14H2,1-4H3;1H. The predicted octanol–water partition coefficient (Wildman–Crippen LogP) is 1.31. The van der Waals surface area contributed by atoms with E-state index in [2.05, 4.69) is 0 Å². The molecule has 0 unspecified atom stereocenters. The van der Waals surface area contributed by atoms with E-state index in [-0.39, 0.29) is 18.4 Å². The summed E-state index contributed by atoms with van der Waals surface area (Å²) in [5, 5.41) is 0. The summed E-state index contributed by atoms with van der Waals surface area (Å²) in [6.07, 6.45) is 0.742. The average Bonchev–Trinajstić information content (AvgIpc) is 2.76. The highest BCUT2D eigenvalue weighted by Gasteiger charge is 2.70. The monoisotopic (exact) mass is 306 g/mol. The van der Waals surface area contributed by atoms with Gasteiger partial charge in [-0.1, -0.05) is 0 Å². The number of methoxy groups -OCH3 is 1. The lowest BCUT2D eigenvalue weighted by atomic mass is 9.62. The summed E-state index contributed by atoms with van der Waals surface area (Å²) in [5.74, 6) is -0.261. The molecule has 1 saturated carbocycles. The minimum absolute atomic E-state index is 0. The minimum atomic E-state index is -0.578. The third-order valence-corrected chi connectivity index (χ3v) is 3.98. The first-order valence-corrected chi connectivity index (χ1v) is 6.47. The fraction of sp³-hybridized carbons (Fsp3) is 0.846. The fourth-order valence-corrected chi connectivity index (χ4v) is 3.24. The highest BCUT2D eigenvalue weighted by molar-refractivity contribution is 5.85. The van der Waals surface area contributed by atoms with Crippen LogP contribution in [-0.2, 0) is 14.3 Å². The maximum atomic E-state index is 12.2. The van der Waals surface area contributed by atoms with E-state index in [1.807, 2.05) is 20.8 Å². The average molecular weight is 307 g/mol. The van der Waals surface area contributed by atoms with E-state index in [1.165, 1.54) is 7.11 Å². The van der Waals surface area contributed by atoms with Gasteiger partial charge in [0.25, 0.3) is 0 Å². The number of halogens is 1. The SMILES string of the molecule is COC(=O)C12CN(C(=O)OC(C)(C)C)C(CN)(C1)C2.Cl. The Balaban J connectivity index is 0.00000200. The number of esters is 1. The van der Waals surface area contributed by atoms with Crippen molar-refractivity contribution < 1.29 is 19.1 Å². The van der Waals surface area contributed by atoms with Crippen LogP contribution >= 0.6 is 12.4 Å². The van der Waals surface area contributed by atoms with Gasteiger partial charge in [0.1, 0.15) is 5.60 Å². The highest BCUT2D eigenvalue weighted by Crippen LogP contribution is 2.59. The Morgan fingerprint density at radius 1 is 1.30 bits per heavy atom. The number of carbonyl (C=O) groups excluding carboxylic acids is 2. The molecule has 2 saturated heterocycles. The normalized spacial score (nSPS) is 31.1. The summed E-state index contributed by atoms with van der Waals surface area (Å²) in [6.45, 7) is 6.13. The number of rotatable bonds is 2. The molecule has 1 amide bonds. The minimum Gasteiger partial charge on any atom is -0.469 e. The Morgan fingerprint density at radius 3 is 2.25 bits per heavy atom. The highest BCUT2D eigenvalue weighted by atomic mass is 35.5. The van der Waals surface area contributed by atoms with Crippen LogP contribution in [0, 0.1) is 5.41 Å². The van der Waals surface area contributed by atoms with Crippen LogP contribution in [-0.4, -0.2) is 48.3 Å². The van der Waals surface area contributed by atoms with Gasteiger partial charge in [-0.05, 0) is 33.6 Å². The molecule has 116 valence electrons. The number of hydrogen-bond acceptors (Lipinski definition) is 5. The van der Waals surface area contributed by atoms with Crippen molar-refractivity contribution in [1.82, 2.24) is 4.90 Å². The molecule has 3 fully saturated rings. The first-order chi connectivity index (χ1) is 8.68. The van der Waals surface area contributed by atoms with Gasteiger partial charge >= 0.3 is 12.1 Å². The number of nitrogens with zero attached hydrogens (tertiary/aromatic N) is 1. The van der Waals surface area contributed by atoms with Crippen LogP contribution < -0.4 is 5.73 Å². The second kappa shape index (κ2) is 5.07. The Morgan fingerprint density at radius 2 is 1.85 bits per heavy atom. The van der Waals surface area contributed by atoms with Crippen molar-refractivity contribution in [2.45, 2.75) is 44.8 Å². The fourth-order valence-electron chi connectivity index (χ4n) is 3.24. The zero-order chi connectivity index (χ0) is 14.5. The van der Waals surface area contributed by atoms with Crippen molar-refractivity contribution in [2.75, 3.05) is 20.2 Å². The molecule has 2 bridgehead atoms. The number of nitrogens with two attached hydrogens (primary N) is 1. The van der Waals surface area contributed by atoms with E-state index in [1.54, 1.807) is 4.90 Å². The van der Waals surface area contributed by atoms with Crippen LogP contribution in [0.15, 0.2) is 0 Å². The molecule has 0 aromatic carbocycles. The molecular weight excluding hydrogens is 284 g/mol. The largest absolute Gasteiger partial charge is 0.469 e. The molecular formula is C13H23ClN2O4. The number of amides is 1. The summed E-state index contributed by atoms with van der Waals surface area (Å²) in [6, 6.07) is 0. The van der Waals surface area contributed by atoms with E-state index >= 15 is 0 Å². The van der Waals surface area contributed by atoms with Crippen LogP contribution in [0.5, 0.6) is 0 Å². The molecule has 20 heavy (non-hydrogen) atoms. The van der Waals surface area contributed by atoms with Crippen LogP contribution in [0.25, 0.3) is 0 Å². The number of ether oxygens (including phenoxy) is 2. The number of hydrogen-bond donors (Lipinski definition) is 1. The lowest BCUT2D eigenvalue weighted by Crippen LogP contribution is -2.58. The maximum Gasteiger partial charge on any atom is 0.410 e. The van der Waals surface area contributed by atoms with Gasteiger partial charge < -0.3 is 20.1 Å². The van der Waals surface area contributed by atoms with E-state index in [0.717, 1.165) is 0 Å². The van der Waals surface area contributed by atoms with Crippen LogP contribution in [0.1, 0.15) is 33.6 Å². The van der Waals surface area contributed by atoms with Crippen molar-refractivity contribution in [2.24, 2.45) is 11.1 Å². The molecule has 0 spiro atoms. The van der Waals surface area contributed by atoms with Gasteiger partial charge in [0.15, 0.2) is 0 Å². The smallest absolute Gasteiger partial charge is 0.410 e. The molecule has 3 aliphatic rings. The van der Waals surface area contributed by atoms with E-state index < -0.39 is 22.6 Å². The molecule has 0 radical (unpaired) electrons. The lowest BCUT2D eigenvalue weighted by molar-refractivity contribution is -0.157. The second-order valence-corrected chi connectivity index (χ2v) is 6.62. The van der Waals surface area contributed by atoms with Gasteiger partial charge in [0.2, 0.25) is 0 Å². The summed E-state index contributed by atoms with van der Waals surface area (Å²) < 4.78 is 10.2. The van der Waals surface area contributed by atoms with Crippen LogP contribution in [0.3, 0.4) is 0 Å². The van der Waals surface area contributed by atoms with Gasteiger partial charge in [-0.25, -0.2) is 4.79 Å².